The first-order valence-electron chi connectivity index (χ1n) is 15.8. The minimum absolute atomic E-state index is 0.0166. The monoisotopic (exact) mass is 571 g/mol. The number of hydrogen-bond acceptors (Lipinski definition) is 4. The van der Waals surface area contributed by atoms with Crippen molar-refractivity contribution in [3.05, 3.63) is 65.7 Å². The van der Waals surface area contributed by atoms with Crippen molar-refractivity contribution in [2.45, 2.75) is 88.4 Å². The van der Waals surface area contributed by atoms with Gasteiger partial charge < -0.3 is 20.0 Å². The minimum atomic E-state index is -0.581. The molecule has 3 fully saturated rings. The summed E-state index contributed by atoms with van der Waals surface area (Å²) in [6, 6.07) is 18.6. The van der Waals surface area contributed by atoms with Crippen LogP contribution in [0.15, 0.2) is 54.6 Å². The van der Waals surface area contributed by atoms with Gasteiger partial charge in [-0.2, -0.15) is 0 Å². The number of para-hydroxylation sites is 1. The molecule has 2 aromatic carbocycles. The molecule has 8 heteroatoms. The summed E-state index contributed by atoms with van der Waals surface area (Å²) in [7, 11) is 2.18. The van der Waals surface area contributed by atoms with Gasteiger partial charge in [0.25, 0.3) is 0 Å². The Kier molecular flexibility index (Phi) is 8.01. The molecule has 1 saturated carbocycles. The van der Waals surface area contributed by atoms with Crippen molar-refractivity contribution >= 4 is 23.5 Å². The van der Waals surface area contributed by atoms with Crippen LogP contribution in [0.4, 0.5) is 10.5 Å². The van der Waals surface area contributed by atoms with Crippen LogP contribution in [0, 0.1) is 0 Å². The van der Waals surface area contributed by atoms with Crippen molar-refractivity contribution in [1.82, 2.24) is 20.0 Å². The first-order chi connectivity index (χ1) is 20.2. The van der Waals surface area contributed by atoms with Crippen molar-refractivity contribution in [3.8, 4) is 0 Å². The van der Waals surface area contributed by atoms with E-state index in [1.807, 2.05) is 64.9 Å². The number of nitrogens with zero attached hydrogens (tertiary/aromatic N) is 4. The number of piperidine rings is 1. The number of aryl methyl sites for hydroxylation is 1. The fraction of sp³-hybridized carbons (Fsp3) is 0.559. The molecule has 0 bridgehead atoms. The van der Waals surface area contributed by atoms with Gasteiger partial charge in [0.1, 0.15) is 6.04 Å². The Balaban J connectivity index is 1.10. The van der Waals surface area contributed by atoms with E-state index in [0.29, 0.717) is 38.1 Å². The third kappa shape index (κ3) is 5.65. The SMILES string of the molecule is CN(C1CC1)[C@H]1CCN(C(=O)N[C@@H](CCc2ccccc2)C(=O)N2CCC(N3C(=O)C(C)(C)c4ccccc43)CC2)C1. The van der Waals surface area contributed by atoms with E-state index in [9.17, 15) is 14.4 Å². The molecule has 2 aromatic rings. The lowest BCUT2D eigenvalue weighted by atomic mass is 9.86. The number of benzene rings is 2. The van der Waals surface area contributed by atoms with Crippen LogP contribution < -0.4 is 10.2 Å². The highest BCUT2D eigenvalue weighted by molar-refractivity contribution is 6.08. The minimum Gasteiger partial charge on any atom is -0.341 e. The maximum atomic E-state index is 13.9. The number of likely N-dealkylation sites (N-methyl/N-ethyl adjacent to an activating group) is 1. The number of fused-ring (bicyclic) bond motifs is 1. The van der Waals surface area contributed by atoms with Crippen LogP contribution in [-0.4, -0.2) is 89.9 Å². The highest BCUT2D eigenvalue weighted by atomic mass is 16.2. The first kappa shape index (κ1) is 28.7. The topological polar surface area (TPSA) is 76.2 Å². The largest absolute Gasteiger partial charge is 0.341 e. The Hall–Kier alpha value is -3.39. The predicted molar refractivity (Wildman–Crippen MR) is 164 cm³/mol. The zero-order chi connectivity index (χ0) is 29.4. The number of nitrogens with one attached hydrogen (secondary N) is 1. The molecule has 0 aromatic heterocycles. The molecule has 1 N–H and O–H groups in total. The molecular formula is C34H45N5O3. The zero-order valence-electron chi connectivity index (χ0n) is 25.3. The van der Waals surface area contributed by atoms with Crippen LogP contribution >= 0.6 is 0 Å². The number of rotatable bonds is 8. The molecule has 8 nitrogen and oxygen atoms in total. The smallest absolute Gasteiger partial charge is 0.318 e. The third-order valence-electron chi connectivity index (χ3n) is 10.0. The van der Waals surface area contributed by atoms with E-state index < -0.39 is 11.5 Å². The lowest BCUT2D eigenvalue weighted by Gasteiger charge is -2.39. The van der Waals surface area contributed by atoms with Crippen molar-refractivity contribution in [3.63, 3.8) is 0 Å². The van der Waals surface area contributed by atoms with Crippen LogP contribution in [0.25, 0.3) is 0 Å². The molecule has 2 saturated heterocycles. The highest BCUT2D eigenvalue weighted by Gasteiger charge is 2.47. The van der Waals surface area contributed by atoms with E-state index in [-0.39, 0.29) is 23.9 Å². The summed E-state index contributed by atoms with van der Waals surface area (Å²) in [4.78, 5) is 49.0. The summed E-state index contributed by atoms with van der Waals surface area (Å²) in [5.74, 6) is 0.120. The lowest BCUT2D eigenvalue weighted by Crippen LogP contribution is -2.55. The molecule has 3 heterocycles. The van der Waals surface area contributed by atoms with Crippen LogP contribution in [0.1, 0.15) is 63.5 Å². The van der Waals surface area contributed by atoms with E-state index in [2.05, 4.69) is 35.5 Å². The van der Waals surface area contributed by atoms with Gasteiger partial charge in [-0.3, -0.25) is 14.5 Å². The van der Waals surface area contributed by atoms with Gasteiger partial charge in [-0.25, -0.2) is 4.79 Å². The number of urea groups is 1. The van der Waals surface area contributed by atoms with Gasteiger partial charge in [0.05, 0.1) is 5.41 Å². The molecule has 0 radical (unpaired) electrons. The summed E-state index contributed by atoms with van der Waals surface area (Å²) in [5.41, 5.74) is 2.69. The third-order valence-corrected chi connectivity index (χ3v) is 10.0. The van der Waals surface area contributed by atoms with Gasteiger partial charge in [0, 0.05) is 50.0 Å². The Labute approximate surface area is 250 Å². The van der Waals surface area contributed by atoms with Crippen LogP contribution in [0.3, 0.4) is 0 Å². The van der Waals surface area contributed by atoms with Crippen molar-refractivity contribution in [2.24, 2.45) is 0 Å². The first-order valence-corrected chi connectivity index (χ1v) is 15.8. The normalized spacial score (nSPS) is 22.9. The number of amides is 4. The number of likely N-dealkylation sites (tertiary alicyclic amines) is 2. The second kappa shape index (κ2) is 11.7. The molecule has 6 rings (SSSR count). The van der Waals surface area contributed by atoms with Crippen molar-refractivity contribution in [1.29, 1.82) is 0 Å². The Morgan fingerprint density at radius 3 is 2.29 bits per heavy atom. The Bertz CT molecular complexity index is 1300. The van der Waals surface area contributed by atoms with Crippen LogP contribution in [-0.2, 0) is 21.4 Å². The molecule has 2 atom stereocenters. The van der Waals surface area contributed by atoms with Crippen molar-refractivity contribution in [2.75, 3.05) is 38.1 Å². The van der Waals surface area contributed by atoms with E-state index in [1.165, 1.54) is 12.8 Å². The molecule has 0 spiro atoms. The molecule has 0 unspecified atom stereocenters. The van der Waals surface area contributed by atoms with Crippen molar-refractivity contribution < 1.29 is 14.4 Å². The summed E-state index contributed by atoms with van der Waals surface area (Å²) in [5, 5.41) is 3.14. The van der Waals surface area contributed by atoms with Gasteiger partial charge in [-0.1, -0.05) is 48.5 Å². The van der Waals surface area contributed by atoms with E-state index in [0.717, 1.165) is 49.0 Å². The van der Waals surface area contributed by atoms with Gasteiger partial charge in [0.2, 0.25) is 11.8 Å². The van der Waals surface area contributed by atoms with Gasteiger partial charge in [0.15, 0.2) is 0 Å². The van der Waals surface area contributed by atoms with E-state index >= 15 is 0 Å². The molecule has 4 amide bonds. The maximum absolute atomic E-state index is 13.9. The molecule has 4 aliphatic rings. The summed E-state index contributed by atoms with van der Waals surface area (Å²) in [6.45, 7) is 6.58. The second-order valence-corrected chi connectivity index (χ2v) is 13.2. The van der Waals surface area contributed by atoms with Crippen LogP contribution in [0.2, 0.25) is 0 Å². The molecule has 224 valence electrons. The van der Waals surface area contributed by atoms with Crippen LogP contribution in [0.5, 0.6) is 0 Å². The number of carbonyl (C=O) groups excluding carboxylic acids is 3. The molecule has 3 aliphatic heterocycles. The maximum Gasteiger partial charge on any atom is 0.318 e. The average Bonchev–Trinajstić information content (AvgIpc) is 3.70. The zero-order valence-corrected chi connectivity index (χ0v) is 25.3. The molecular weight excluding hydrogens is 526 g/mol. The average molecular weight is 572 g/mol. The number of carbonyl (C=O) groups is 3. The van der Waals surface area contributed by atoms with E-state index in [4.69, 9.17) is 0 Å². The number of hydrogen-bond donors (Lipinski definition) is 1. The van der Waals surface area contributed by atoms with E-state index in [1.54, 1.807) is 0 Å². The van der Waals surface area contributed by atoms with Gasteiger partial charge in [-0.15, -0.1) is 0 Å². The summed E-state index contributed by atoms with van der Waals surface area (Å²) >= 11 is 0. The highest BCUT2D eigenvalue weighted by Crippen LogP contribution is 2.43. The second-order valence-electron chi connectivity index (χ2n) is 13.2. The fourth-order valence-electron chi connectivity index (χ4n) is 7.16. The number of anilines is 1. The summed E-state index contributed by atoms with van der Waals surface area (Å²) < 4.78 is 0. The summed E-state index contributed by atoms with van der Waals surface area (Å²) in [6.07, 6.45) is 6.20. The Morgan fingerprint density at radius 1 is 0.905 bits per heavy atom. The lowest BCUT2D eigenvalue weighted by molar-refractivity contribution is -0.134. The Morgan fingerprint density at radius 2 is 1.57 bits per heavy atom. The predicted octanol–water partition coefficient (Wildman–Crippen LogP) is 4.18. The van der Waals surface area contributed by atoms with Gasteiger partial charge in [-0.05, 0) is 83.0 Å². The fourth-order valence-corrected chi connectivity index (χ4v) is 7.16. The van der Waals surface area contributed by atoms with Gasteiger partial charge >= 0.3 is 6.03 Å². The molecule has 42 heavy (non-hydrogen) atoms. The molecule has 1 aliphatic carbocycles. The quantitative estimate of drug-likeness (QED) is 0.516. The standard InChI is InChI=1S/C34H45N5O3/c1-34(2)28-11-7-8-12-30(28)39(32(34)41)26-17-20-37(21-18-26)31(40)29(16-13-24-9-5-4-6-10-24)35-33(42)38-22-19-27(23-38)36(3)25-14-15-25/h4-12,25-27,29H,13-23H2,1-3H3,(H,35,42)/t27-,29-/m0/s1.